The molecule has 0 aliphatic rings. The van der Waals surface area contributed by atoms with Crippen LogP contribution in [0.5, 0.6) is 0 Å². The maximum atomic E-state index is 4.64. The van der Waals surface area contributed by atoms with Crippen molar-refractivity contribution in [1.82, 2.24) is 14.7 Å². The smallest absolute Gasteiger partial charge is 0.195 e. The second-order valence-electron chi connectivity index (χ2n) is 5.46. The van der Waals surface area contributed by atoms with Crippen molar-refractivity contribution in [2.45, 2.75) is 13.1 Å². The normalized spacial score (nSPS) is 10.5. The van der Waals surface area contributed by atoms with E-state index in [0.29, 0.717) is 6.54 Å². The summed E-state index contributed by atoms with van der Waals surface area (Å²) in [5.41, 5.74) is 2.57. The quantitative estimate of drug-likeness (QED) is 0.609. The van der Waals surface area contributed by atoms with Crippen LogP contribution in [0.1, 0.15) is 11.1 Å². The lowest BCUT2D eigenvalue weighted by molar-refractivity contribution is 0.402. The zero-order valence-corrected chi connectivity index (χ0v) is 13.0. The third-order valence-corrected chi connectivity index (χ3v) is 2.72. The van der Waals surface area contributed by atoms with Crippen LogP contribution in [-0.4, -0.2) is 62.9 Å². The van der Waals surface area contributed by atoms with Crippen molar-refractivity contribution in [3.63, 3.8) is 0 Å². The highest BCUT2D eigenvalue weighted by atomic mass is 15.3. The molecule has 0 aliphatic carbocycles. The van der Waals surface area contributed by atoms with Gasteiger partial charge in [-0.15, -0.1) is 0 Å². The SMILES string of the molecule is CN(C)Cc1ccc(CN=C(N(C)C)N(C)C)cc1. The van der Waals surface area contributed by atoms with Crippen LogP contribution in [0.15, 0.2) is 29.3 Å². The van der Waals surface area contributed by atoms with E-state index in [1.54, 1.807) is 0 Å². The predicted octanol–water partition coefficient (Wildman–Crippen LogP) is 1.73. The average Bonchev–Trinajstić information content (AvgIpc) is 2.29. The summed E-state index contributed by atoms with van der Waals surface area (Å²) in [6.45, 7) is 1.69. The molecule has 1 aromatic carbocycles. The monoisotopic (exact) mass is 262 g/mol. The highest BCUT2D eigenvalue weighted by molar-refractivity contribution is 5.79. The van der Waals surface area contributed by atoms with Gasteiger partial charge in [0, 0.05) is 34.7 Å². The molecule has 0 radical (unpaired) electrons. The van der Waals surface area contributed by atoms with Gasteiger partial charge in [0.1, 0.15) is 0 Å². The molecular weight excluding hydrogens is 236 g/mol. The van der Waals surface area contributed by atoms with Gasteiger partial charge in [-0.3, -0.25) is 0 Å². The highest BCUT2D eigenvalue weighted by Crippen LogP contribution is 2.07. The van der Waals surface area contributed by atoms with Crippen LogP contribution in [-0.2, 0) is 13.1 Å². The predicted molar refractivity (Wildman–Crippen MR) is 82.3 cm³/mol. The van der Waals surface area contributed by atoms with E-state index in [9.17, 15) is 0 Å². The number of rotatable bonds is 4. The second kappa shape index (κ2) is 7.14. The first-order valence-electron chi connectivity index (χ1n) is 6.52. The van der Waals surface area contributed by atoms with E-state index in [-0.39, 0.29) is 0 Å². The Kier molecular flexibility index (Phi) is 5.83. The molecule has 0 amide bonds. The molecule has 0 aliphatic heterocycles. The topological polar surface area (TPSA) is 22.1 Å². The maximum absolute atomic E-state index is 4.64. The van der Waals surface area contributed by atoms with Crippen LogP contribution >= 0.6 is 0 Å². The van der Waals surface area contributed by atoms with Crippen molar-refractivity contribution in [3.8, 4) is 0 Å². The third-order valence-electron chi connectivity index (χ3n) is 2.72. The molecule has 1 rings (SSSR count). The molecule has 0 unspecified atom stereocenters. The zero-order valence-electron chi connectivity index (χ0n) is 13.0. The van der Waals surface area contributed by atoms with Gasteiger partial charge in [-0.05, 0) is 25.2 Å². The Morgan fingerprint density at radius 2 is 1.32 bits per heavy atom. The molecule has 4 nitrogen and oxygen atoms in total. The third kappa shape index (κ3) is 5.30. The van der Waals surface area contributed by atoms with E-state index in [1.807, 2.05) is 38.0 Å². The van der Waals surface area contributed by atoms with Crippen molar-refractivity contribution in [2.24, 2.45) is 4.99 Å². The Balaban J connectivity index is 2.69. The van der Waals surface area contributed by atoms with E-state index in [2.05, 4.69) is 48.3 Å². The van der Waals surface area contributed by atoms with Crippen molar-refractivity contribution in [2.75, 3.05) is 42.3 Å². The average molecular weight is 262 g/mol. The minimum atomic E-state index is 0.716. The van der Waals surface area contributed by atoms with Gasteiger partial charge in [0.15, 0.2) is 5.96 Å². The van der Waals surface area contributed by atoms with E-state index >= 15 is 0 Å². The molecular formula is C15H26N4. The number of aliphatic imine (C=N–C) groups is 1. The van der Waals surface area contributed by atoms with Crippen LogP contribution in [0.4, 0.5) is 0 Å². The Morgan fingerprint density at radius 3 is 1.74 bits per heavy atom. The van der Waals surface area contributed by atoms with E-state index < -0.39 is 0 Å². The van der Waals surface area contributed by atoms with Gasteiger partial charge in [-0.25, -0.2) is 4.99 Å². The Bertz CT molecular complexity index is 395. The number of hydrogen-bond acceptors (Lipinski definition) is 2. The second-order valence-corrected chi connectivity index (χ2v) is 5.46. The lowest BCUT2D eigenvalue weighted by Crippen LogP contribution is -2.35. The van der Waals surface area contributed by atoms with Gasteiger partial charge in [-0.1, -0.05) is 24.3 Å². The molecule has 19 heavy (non-hydrogen) atoms. The Morgan fingerprint density at radius 1 is 0.842 bits per heavy atom. The van der Waals surface area contributed by atoms with Crippen LogP contribution in [0, 0.1) is 0 Å². The first-order valence-corrected chi connectivity index (χ1v) is 6.52. The summed E-state index contributed by atoms with van der Waals surface area (Å²) in [5.74, 6) is 0.984. The Hall–Kier alpha value is -1.55. The van der Waals surface area contributed by atoms with E-state index in [1.165, 1.54) is 11.1 Å². The first kappa shape index (κ1) is 15.5. The minimum absolute atomic E-state index is 0.716. The Labute approximate surface area is 117 Å². The molecule has 4 heteroatoms. The molecule has 0 spiro atoms. The van der Waals surface area contributed by atoms with Crippen LogP contribution in [0.25, 0.3) is 0 Å². The van der Waals surface area contributed by atoms with Gasteiger partial charge in [0.2, 0.25) is 0 Å². The van der Waals surface area contributed by atoms with Gasteiger partial charge < -0.3 is 14.7 Å². The fourth-order valence-corrected chi connectivity index (χ4v) is 1.96. The van der Waals surface area contributed by atoms with Crippen molar-refractivity contribution >= 4 is 5.96 Å². The number of guanidine groups is 1. The minimum Gasteiger partial charge on any atom is -0.349 e. The lowest BCUT2D eigenvalue weighted by atomic mass is 10.1. The molecule has 0 fully saturated rings. The van der Waals surface area contributed by atoms with Gasteiger partial charge in [0.25, 0.3) is 0 Å². The molecule has 0 heterocycles. The highest BCUT2D eigenvalue weighted by Gasteiger charge is 2.03. The van der Waals surface area contributed by atoms with Gasteiger partial charge in [-0.2, -0.15) is 0 Å². The fraction of sp³-hybridized carbons (Fsp3) is 0.533. The lowest BCUT2D eigenvalue weighted by Gasteiger charge is -2.22. The standard InChI is InChI=1S/C15H26N4/c1-17(2)12-14-9-7-13(8-10-14)11-16-15(18(3)4)19(5)6/h7-10H,11-12H2,1-6H3. The summed E-state index contributed by atoms with van der Waals surface area (Å²) in [5, 5.41) is 0. The fourth-order valence-electron chi connectivity index (χ4n) is 1.96. The summed E-state index contributed by atoms with van der Waals surface area (Å²) < 4.78 is 0. The van der Waals surface area contributed by atoms with Crippen LogP contribution in [0.3, 0.4) is 0 Å². The van der Waals surface area contributed by atoms with Crippen LogP contribution < -0.4 is 0 Å². The van der Waals surface area contributed by atoms with E-state index in [0.717, 1.165) is 12.5 Å². The molecule has 106 valence electrons. The summed E-state index contributed by atoms with van der Waals surface area (Å²) in [7, 11) is 12.2. The number of nitrogens with zero attached hydrogens (tertiary/aromatic N) is 4. The van der Waals surface area contributed by atoms with Gasteiger partial charge >= 0.3 is 0 Å². The van der Waals surface area contributed by atoms with Crippen LogP contribution in [0.2, 0.25) is 0 Å². The van der Waals surface area contributed by atoms with Crippen molar-refractivity contribution in [1.29, 1.82) is 0 Å². The molecule has 1 aromatic rings. The molecule has 0 aromatic heterocycles. The largest absolute Gasteiger partial charge is 0.349 e. The van der Waals surface area contributed by atoms with E-state index in [4.69, 9.17) is 0 Å². The molecule has 0 N–H and O–H groups in total. The van der Waals surface area contributed by atoms with Gasteiger partial charge in [0.05, 0.1) is 6.54 Å². The first-order chi connectivity index (χ1) is 8.90. The molecule has 0 saturated carbocycles. The number of benzene rings is 1. The number of hydrogen-bond donors (Lipinski definition) is 0. The maximum Gasteiger partial charge on any atom is 0.195 e. The van der Waals surface area contributed by atoms with Crippen molar-refractivity contribution < 1.29 is 0 Å². The molecule has 0 bridgehead atoms. The summed E-state index contributed by atoms with van der Waals surface area (Å²) in [6, 6.07) is 8.67. The molecule has 0 atom stereocenters. The summed E-state index contributed by atoms with van der Waals surface area (Å²) in [6.07, 6.45) is 0. The molecule has 0 saturated heterocycles. The summed E-state index contributed by atoms with van der Waals surface area (Å²) in [4.78, 5) is 10.9. The zero-order chi connectivity index (χ0) is 14.4. The summed E-state index contributed by atoms with van der Waals surface area (Å²) >= 11 is 0. The van der Waals surface area contributed by atoms with Crippen molar-refractivity contribution in [3.05, 3.63) is 35.4 Å².